The number of phenolic OH excluding ortho intramolecular Hbond substituents is 1. The lowest BCUT2D eigenvalue weighted by molar-refractivity contribution is 0.446. The van der Waals surface area contributed by atoms with Crippen molar-refractivity contribution in [2.24, 2.45) is 0 Å². The van der Waals surface area contributed by atoms with E-state index in [-0.39, 0.29) is 10.8 Å². The summed E-state index contributed by atoms with van der Waals surface area (Å²) in [4.78, 5) is 10.1. The summed E-state index contributed by atoms with van der Waals surface area (Å²) in [5, 5.41) is 14.0. The molecule has 0 saturated heterocycles. The van der Waals surface area contributed by atoms with Gasteiger partial charge in [-0.2, -0.15) is 0 Å². The molecule has 0 unspecified atom stereocenters. The van der Waals surface area contributed by atoms with Crippen LogP contribution in [0.15, 0.2) is 79.1 Å². The van der Waals surface area contributed by atoms with Gasteiger partial charge in [-0.1, -0.05) is 71.4 Å². The van der Waals surface area contributed by atoms with Crippen molar-refractivity contribution in [2.45, 2.75) is 73.1 Å². The number of fused-ring (bicyclic) bond motifs is 2. The lowest BCUT2D eigenvalue weighted by Gasteiger charge is -2.27. The van der Waals surface area contributed by atoms with Crippen LogP contribution in [0.4, 0.5) is 0 Å². The Labute approximate surface area is 255 Å². The fraction of sp³-hybridized carbons (Fsp3) is 0.282. The van der Waals surface area contributed by atoms with Crippen molar-refractivity contribution in [3.8, 4) is 39.4 Å². The second kappa shape index (κ2) is 10.1. The van der Waals surface area contributed by atoms with Crippen molar-refractivity contribution in [3.05, 3.63) is 107 Å². The van der Waals surface area contributed by atoms with Crippen LogP contribution in [0.2, 0.25) is 0 Å². The molecule has 0 atom stereocenters. The van der Waals surface area contributed by atoms with Crippen LogP contribution in [0, 0.1) is 20.8 Å². The third-order valence-electron chi connectivity index (χ3n) is 8.51. The van der Waals surface area contributed by atoms with Gasteiger partial charge in [-0.25, -0.2) is 4.98 Å². The van der Waals surface area contributed by atoms with Gasteiger partial charge in [0.1, 0.15) is 11.4 Å². The molecule has 3 aromatic carbocycles. The minimum absolute atomic E-state index is 0.0766. The molecule has 0 aliphatic rings. The molecule has 6 rings (SSSR count). The van der Waals surface area contributed by atoms with Crippen LogP contribution < -0.4 is 0 Å². The van der Waals surface area contributed by atoms with Crippen molar-refractivity contribution in [3.63, 3.8) is 0 Å². The topological polar surface area (TPSA) is 50.4 Å². The van der Waals surface area contributed by atoms with Gasteiger partial charge in [-0.3, -0.25) is 4.98 Å². The lowest BCUT2D eigenvalue weighted by atomic mass is 9.78. The zero-order chi connectivity index (χ0) is 30.8. The Morgan fingerprint density at radius 3 is 2.16 bits per heavy atom. The molecule has 218 valence electrons. The molecule has 43 heavy (non-hydrogen) atoms. The molecule has 0 aliphatic carbocycles. The quantitative estimate of drug-likeness (QED) is 0.231. The largest absolute Gasteiger partial charge is 0.507 e. The molecule has 0 bridgehead atoms. The van der Waals surface area contributed by atoms with E-state index < -0.39 is 0 Å². The Morgan fingerprint density at radius 1 is 0.698 bits per heavy atom. The van der Waals surface area contributed by atoms with Crippen LogP contribution in [0.1, 0.15) is 69.5 Å². The number of hydrogen-bond acceptors (Lipinski definition) is 3. The summed E-state index contributed by atoms with van der Waals surface area (Å²) in [6.07, 6.45) is 3.95. The first kappa shape index (κ1) is 28.7. The van der Waals surface area contributed by atoms with E-state index in [4.69, 9.17) is 9.97 Å². The summed E-state index contributed by atoms with van der Waals surface area (Å²) in [6, 6.07) is 23.7. The molecular formula is C39H41N3O. The van der Waals surface area contributed by atoms with Crippen LogP contribution in [0.25, 0.3) is 50.1 Å². The second-order valence-corrected chi connectivity index (χ2v) is 14.1. The highest BCUT2D eigenvalue weighted by Gasteiger charge is 2.27. The average Bonchev–Trinajstić information content (AvgIpc) is 3.27. The Balaban J connectivity index is 1.57. The van der Waals surface area contributed by atoms with Gasteiger partial charge in [0, 0.05) is 45.7 Å². The molecule has 0 fully saturated rings. The van der Waals surface area contributed by atoms with Crippen molar-refractivity contribution < 1.29 is 5.11 Å². The predicted octanol–water partition coefficient (Wildman–Crippen LogP) is 10.1. The summed E-state index contributed by atoms with van der Waals surface area (Å²) < 4.78 is 2.15. The molecule has 4 heteroatoms. The van der Waals surface area contributed by atoms with E-state index in [1.165, 1.54) is 16.5 Å². The number of aromatic hydroxyl groups is 1. The standard InChI is InChI=1S/C39H41N3O/c1-23-12-13-26-14-15-40-35(31(26)19-23)28-18-24(2)17-27(20-28)30-11-10-16-42-25(3)34(41-37(30)42)32-21-29(38(4,5)6)22-33(36(32)43)39(7,8)9/h10-22,43H,1-9H3. The molecule has 0 saturated carbocycles. The maximum absolute atomic E-state index is 11.7. The number of aryl methyl sites for hydroxylation is 3. The van der Waals surface area contributed by atoms with Gasteiger partial charge in [0.05, 0.1) is 11.4 Å². The predicted molar refractivity (Wildman–Crippen MR) is 180 cm³/mol. The van der Waals surface area contributed by atoms with Gasteiger partial charge in [0.2, 0.25) is 0 Å². The molecule has 0 spiro atoms. The van der Waals surface area contributed by atoms with E-state index in [1.807, 2.05) is 6.20 Å². The second-order valence-electron chi connectivity index (χ2n) is 14.1. The average molecular weight is 568 g/mol. The fourth-order valence-electron chi connectivity index (χ4n) is 6.07. The molecule has 4 nitrogen and oxygen atoms in total. The van der Waals surface area contributed by atoms with E-state index in [2.05, 4.69) is 140 Å². The van der Waals surface area contributed by atoms with Gasteiger partial charge in [0.15, 0.2) is 0 Å². The number of imidazole rings is 1. The lowest BCUT2D eigenvalue weighted by Crippen LogP contribution is -2.17. The Kier molecular flexibility index (Phi) is 6.72. The van der Waals surface area contributed by atoms with Crippen molar-refractivity contribution in [1.29, 1.82) is 0 Å². The number of benzene rings is 3. The number of hydrogen-bond donors (Lipinski definition) is 1. The Morgan fingerprint density at radius 2 is 1.44 bits per heavy atom. The Hall–Kier alpha value is -4.44. The smallest absolute Gasteiger partial charge is 0.145 e. The fourth-order valence-corrected chi connectivity index (χ4v) is 6.07. The molecule has 1 N–H and O–H groups in total. The first-order valence-corrected chi connectivity index (χ1v) is 15.1. The molecule has 0 radical (unpaired) electrons. The molecule has 6 aromatic rings. The van der Waals surface area contributed by atoms with Gasteiger partial charge < -0.3 is 9.51 Å². The van der Waals surface area contributed by atoms with Crippen molar-refractivity contribution in [1.82, 2.24) is 14.4 Å². The first-order valence-electron chi connectivity index (χ1n) is 15.1. The maximum Gasteiger partial charge on any atom is 0.145 e. The van der Waals surface area contributed by atoms with Crippen molar-refractivity contribution in [2.75, 3.05) is 0 Å². The SMILES string of the molecule is Cc1cc(-c2nccc3ccc(C)cc23)cc(-c2cccn3c(C)c(-c4cc(C(C)(C)C)cc(C(C)(C)C)c4O)nc23)c1. The van der Waals surface area contributed by atoms with Crippen LogP contribution >= 0.6 is 0 Å². The minimum Gasteiger partial charge on any atom is -0.507 e. The minimum atomic E-state index is -0.218. The van der Waals surface area contributed by atoms with E-state index in [1.54, 1.807) is 0 Å². The number of pyridine rings is 2. The van der Waals surface area contributed by atoms with Gasteiger partial charge in [-0.15, -0.1) is 0 Å². The van der Waals surface area contributed by atoms with Gasteiger partial charge in [-0.05, 0) is 96.1 Å². The van der Waals surface area contributed by atoms with Gasteiger partial charge >= 0.3 is 0 Å². The van der Waals surface area contributed by atoms with E-state index in [0.717, 1.165) is 61.5 Å². The van der Waals surface area contributed by atoms with E-state index in [9.17, 15) is 5.11 Å². The summed E-state index contributed by atoms with van der Waals surface area (Å²) in [7, 11) is 0. The van der Waals surface area contributed by atoms with Gasteiger partial charge in [0.25, 0.3) is 0 Å². The highest BCUT2D eigenvalue weighted by atomic mass is 16.3. The first-order chi connectivity index (χ1) is 20.2. The summed E-state index contributed by atoms with van der Waals surface area (Å²) in [6.45, 7) is 19.4. The maximum atomic E-state index is 11.7. The summed E-state index contributed by atoms with van der Waals surface area (Å²) in [5.41, 5.74) is 11.9. The zero-order valence-corrected chi connectivity index (χ0v) is 26.8. The normalized spacial score (nSPS) is 12.4. The summed E-state index contributed by atoms with van der Waals surface area (Å²) >= 11 is 0. The number of nitrogens with zero attached hydrogens (tertiary/aromatic N) is 3. The third-order valence-corrected chi connectivity index (χ3v) is 8.51. The molecule has 0 aliphatic heterocycles. The number of rotatable bonds is 3. The highest BCUT2D eigenvalue weighted by molar-refractivity contribution is 5.96. The van der Waals surface area contributed by atoms with Crippen LogP contribution in [0.5, 0.6) is 5.75 Å². The van der Waals surface area contributed by atoms with Crippen molar-refractivity contribution >= 4 is 16.4 Å². The van der Waals surface area contributed by atoms with Crippen LogP contribution in [-0.4, -0.2) is 19.5 Å². The Bertz CT molecular complexity index is 2030. The molecule has 3 heterocycles. The van der Waals surface area contributed by atoms with E-state index >= 15 is 0 Å². The molecule has 0 amide bonds. The monoisotopic (exact) mass is 567 g/mol. The molecule has 3 aromatic heterocycles. The zero-order valence-electron chi connectivity index (χ0n) is 26.8. The van der Waals surface area contributed by atoms with E-state index in [0.29, 0.717) is 5.75 Å². The highest BCUT2D eigenvalue weighted by Crippen LogP contribution is 2.43. The number of aromatic nitrogens is 3. The number of phenols is 1. The van der Waals surface area contributed by atoms with Crippen LogP contribution in [0.3, 0.4) is 0 Å². The summed E-state index contributed by atoms with van der Waals surface area (Å²) in [5.74, 6) is 0.309. The molecular weight excluding hydrogens is 526 g/mol. The van der Waals surface area contributed by atoms with Crippen LogP contribution in [-0.2, 0) is 10.8 Å². The third kappa shape index (κ3) is 5.09.